The minimum absolute atomic E-state index is 0.314. The molecule has 0 aliphatic heterocycles. The fourth-order valence-corrected chi connectivity index (χ4v) is 2.10. The van der Waals surface area contributed by atoms with Crippen LogP contribution in [0.25, 0.3) is 0 Å². The van der Waals surface area contributed by atoms with Crippen LogP contribution < -0.4 is 5.73 Å². The van der Waals surface area contributed by atoms with Gasteiger partial charge in [0.15, 0.2) is 0 Å². The molecule has 0 aromatic heterocycles. The van der Waals surface area contributed by atoms with Gasteiger partial charge in [-0.25, -0.2) is 0 Å². The molecule has 0 bridgehead atoms. The highest BCUT2D eigenvalue weighted by atomic mass is 32.2. The molecule has 0 saturated heterocycles. The van der Waals surface area contributed by atoms with E-state index in [2.05, 4.69) is 39.0 Å². The van der Waals surface area contributed by atoms with Crippen LogP contribution in [0.1, 0.15) is 27.2 Å². The highest BCUT2D eigenvalue weighted by Crippen LogP contribution is 2.09. The highest BCUT2D eigenvalue weighted by Gasteiger charge is 2.16. The molecule has 86 valence electrons. The first-order valence-corrected chi connectivity index (χ1v) is 6.87. The van der Waals surface area contributed by atoms with Crippen molar-refractivity contribution in [2.45, 2.75) is 39.3 Å². The normalized spacial score (nSPS) is 18.2. The zero-order valence-corrected chi connectivity index (χ0v) is 11.1. The second-order valence-electron chi connectivity index (χ2n) is 4.29. The van der Waals surface area contributed by atoms with Gasteiger partial charge in [0.1, 0.15) is 0 Å². The Labute approximate surface area is 93.6 Å². The quantitative estimate of drug-likeness (QED) is 0.709. The van der Waals surface area contributed by atoms with Crippen molar-refractivity contribution in [3.63, 3.8) is 0 Å². The zero-order chi connectivity index (χ0) is 11.1. The first kappa shape index (κ1) is 14.3. The molecule has 0 aromatic carbocycles. The second kappa shape index (κ2) is 7.55. The summed E-state index contributed by atoms with van der Waals surface area (Å²) in [5.74, 6) is 1.81. The third-order valence-corrected chi connectivity index (χ3v) is 3.85. The van der Waals surface area contributed by atoms with Gasteiger partial charge in [0, 0.05) is 24.4 Å². The standard InChI is InChI=1S/C11H26N2S/c1-6-9(2)11(12)7-13(4)10(3)8-14-5/h9-11H,6-8,12H2,1-5H3. The molecular formula is C11H26N2S. The van der Waals surface area contributed by atoms with Crippen molar-refractivity contribution in [3.05, 3.63) is 0 Å². The summed E-state index contributed by atoms with van der Waals surface area (Å²) in [5, 5.41) is 0. The lowest BCUT2D eigenvalue weighted by molar-refractivity contribution is 0.234. The van der Waals surface area contributed by atoms with E-state index < -0.39 is 0 Å². The van der Waals surface area contributed by atoms with Gasteiger partial charge in [-0.3, -0.25) is 0 Å². The fraction of sp³-hybridized carbons (Fsp3) is 1.00. The number of rotatable bonds is 7. The van der Waals surface area contributed by atoms with E-state index in [1.807, 2.05) is 11.8 Å². The lowest BCUT2D eigenvalue weighted by Gasteiger charge is -2.29. The summed E-state index contributed by atoms with van der Waals surface area (Å²) in [6, 6.07) is 0.939. The molecule has 0 aromatic rings. The summed E-state index contributed by atoms with van der Waals surface area (Å²) < 4.78 is 0. The molecule has 0 spiro atoms. The van der Waals surface area contributed by atoms with Crippen LogP contribution in [0.5, 0.6) is 0 Å². The molecule has 0 heterocycles. The maximum absolute atomic E-state index is 6.11. The SMILES string of the molecule is CCC(C)C(N)CN(C)C(C)CSC. The molecule has 0 rings (SSSR count). The summed E-state index contributed by atoms with van der Waals surface area (Å²) in [5.41, 5.74) is 6.11. The van der Waals surface area contributed by atoms with Crippen molar-refractivity contribution in [2.75, 3.05) is 25.6 Å². The maximum atomic E-state index is 6.11. The van der Waals surface area contributed by atoms with Crippen LogP contribution in [0.15, 0.2) is 0 Å². The Kier molecular flexibility index (Phi) is 7.69. The minimum atomic E-state index is 0.314. The van der Waals surface area contributed by atoms with E-state index in [9.17, 15) is 0 Å². The van der Waals surface area contributed by atoms with E-state index in [0.29, 0.717) is 18.0 Å². The molecule has 0 saturated carbocycles. The molecule has 0 radical (unpaired) electrons. The number of nitrogens with two attached hydrogens (primary N) is 1. The van der Waals surface area contributed by atoms with Crippen molar-refractivity contribution in [3.8, 4) is 0 Å². The fourth-order valence-electron chi connectivity index (χ4n) is 1.36. The van der Waals surface area contributed by atoms with Crippen LogP contribution in [0.3, 0.4) is 0 Å². The number of nitrogens with zero attached hydrogens (tertiary/aromatic N) is 1. The monoisotopic (exact) mass is 218 g/mol. The predicted octanol–water partition coefficient (Wildman–Crippen LogP) is 2.04. The van der Waals surface area contributed by atoms with E-state index in [0.717, 1.165) is 6.54 Å². The second-order valence-corrected chi connectivity index (χ2v) is 5.20. The topological polar surface area (TPSA) is 29.3 Å². The molecule has 3 atom stereocenters. The van der Waals surface area contributed by atoms with Crippen molar-refractivity contribution < 1.29 is 0 Å². The van der Waals surface area contributed by atoms with Gasteiger partial charge < -0.3 is 10.6 Å². The molecule has 3 unspecified atom stereocenters. The van der Waals surface area contributed by atoms with Gasteiger partial charge in [-0.05, 0) is 26.1 Å². The van der Waals surface area contributed by atoms with Crippen LogP contribution in [-0.4, -0.2) is 42.6 Å². The zero-order valence-electron chi connectivity index (χ0n) is 10.3. The smallest absolute Gasteiger partial charge is 0.0193 e. The number of thioether (sulfide) groups is 1. The predicted molar refractivity (Wildman–Crippen MR) is 67.9 cm³/mol. The van der Waals surface area contributed by atoms with Crippen LogP contribution in [0.4, 0.5) is 0 Å². The van der Waals surface area contributed by atoms with Crippen molar-refractivity contribution in [1.82, 2.24) is 4.90 Å². The van der Waals surface area contributed by atoms with E-state index in [1.54, 1.807) is 0 Å². The highest BCUT2D eigenvalue weighted by molar-refractivity contribution is 7.98. The molecule has 3 heteroatoms. The number of likely N-dealkylation sites (N-methyl/N-ethyl adjacent to an activating group) is 1. The van der Waals surface area contributed by atoms with Gasteiger partial charge in [0.25, 0.3) is 0 Å². The van der Waals surface area contributed by atoms with Crippen molar-refractivity contribution in [1.29, 1.82) is 0 Å². The summed E-state index contributed by atoms with van der Waals surface area (Å²) >= 11 is 1.90. The van der Waals surface area contributed by atoms with Crippen LogP contribution in [0, 0.1) is 5.92 Å². The van der Waals surface area contributed by atoms with Gasteiger partial charge in [-0.1, -0.05) is 20.3 Å². The number of hydrogen-bond donors (Lipinski definition) is 1. The third kappa shape index (κ3) is 5.23. The Hall–Kier alpha value is 0.270. The molecule has 0 aliphatic carbocycles. The molecule has 2 N–H and O–H groups in total. The average Bonchev–Trinajstić information content (AvgIpc) is 2.16. The van der Waals surface area contributed by atoms with E-state index in [4.69, 9.17) is 5.73 Å². The summed E-state index contributed by atoms with van der Waals surface area (Å²) in [7, 11) is 2.17. The first-order chi connectivity index (χ1) is 6.52. The third-order valence-electron chi connectivity index (χ3n) is 3.03. The maximum Gasteiger partial charge on any atom is 0.0193 e. The van der Waals surface area contributed by atoms with E-state index >= 15 is 0 Å². The summed E-state index contributed by atoms with van der Waals surface area (Å²) in [6.45, 7) is 7.71. The molecule has 14 heavy (non-hydrogen) atoms. The molecular weight excluding hydrogens is 192 g/mol. The summed E-state index contributed by atoms with van der Waals surface area (Å²) in [4.78, 5) is 2.37. The van der Waals surface area contributed by atoms with Gasteiger partial charge in [0.05, 0.1) is 0 Å². The molecule has 0 aliphatic rings. The Bertz CT molecular complexity index is 141. The van der Waals surface area contributed by atoms with Crippen LogP contribution in [0.2, 0.25) is 0 Å². The van der Waals surface area contributed by atoms with E-state index in [-0.39, 0.29) is 0 Å². The van der Waals surface area contributed by atoms with Crippen LogP contribution >= 0.6 is 11.8 Å². The lowest BCUT2D eigenvalue weighted by Crippen LogP contribution is -2.43. The average molecular weight is 218 g/mol. The summed E-state index contributed by atoms with van der Waals surface area (Å²) in [6.07, 6.45) is 3.32. The van der Waals surface area contributed by atoms with Gasteiger partial charge in [-0.2, -0.15) is 11.8 Å². The van der Waals surface area contributed by atoms with Gasteiger partial charge in [-0.15, -0.1) is 0 Å². The Morgan fingerprint density at radius 3 is 2.36 bits per heavy atom. The minimum Gasteiger partial charge on any atom is -0.326 e. The Balaban J connectivity index is 3.85. The molecule has 2 nitrogen and oxygen atoms in total. The Morgan fingerprint density at radius 2 is 1.93 bits per heavy atom. The van der Waals surface area contributed by atoms with E-state index in [1.165, 1.54) is 12.2 Å². The Morgan fingerprint density at radius 1 is 1.36 bits per heavy atom. The molecule has 0 amide bonds. The first-order valence-electron chi connectivity index (χ1n) is 5.47. The van der Waals surface area contributed by atoms with Crippen molar-refractivity contribution in [2.24, 2.45) is 11.7 Å². The molecule has 0 fully saturated rings. The van der Waals surface area contributed by atoms with Gasteiger partial charge >= 0.3 is 0 Å². The van der Waals surface area contributed by atoms with Crippen molar-refractivity contribution >= 4 is 11.8 Å². The van der Waals surface area contributed by atoms with Gasteiger partial charge in [0.2, 0.25) is 0 Å². The van der Waals surface area contributed by atoms with Crippen LogP contribution in [-0.2, 0) is 0 Å². The lowest BCUT2D eigenvalue weighted by atomic mass is 9.99. The number of hydrogen-bond acceptors (Lipinski definition) is 3. The largest absolute Gasteiger partial charge is 0.326 e.